The summed E-state index contributed by atoms with van der Waals surface area (Å²) < 4.78 is 1.09. The molecule has 6 nitrogen and oxygen atoms in total. The fraction of sp³-hybridized carbons (Fsp3) is 0.368. The first kappa shape index (κ1) is 18.5. The van der Waals surface area contributed by atoms with Crippen molar-refractivity contribution in [3.8, 4) is 5.75 Å². The molecule has 2 heterocycles. The van der Waals surface area contributed by atoms with Crippen LogP contribution in [0.2, 0.25) is 5.02 Å². The minimum atomic E-state index is -0.600. The molecule has 1 unspecified atom stereocenters. The zero-order valence-corrected chi connectivity index (χ0v) is 15.3. The number of aryl methyl sites for hydroxylation is 1. The van der Waals surface area contributed by atoms with Crippen LogP contribution in [0.4, 0.5) is 4.79 Å². The van der Waals surface area contributed by atoms with E-state index in [1.165, 1.54) is 12.3 Å². The van der Waals surface area contributed by atoms with Gasteiger partial charge in [0.25, 0.3) is 5.56 Å². The second kappa shape index (κ2) is 7.51. The fourth-order valence-corrected chi connectivity index (χ4v) is 3.62. The summed E-state index contributed by atoms with van der Waals surface area (Å²) in [5.74, 6) is 0.0641. The number of phenols is 1. The van der Waals surface area contributed by atoms with Crippen LogP contribution in [-0.4, -0.2) is 33.2 Å². The van der Waals surface area contributed by atoms with Gasteiger partial charge in [-0.1, -0.05) is 17.7 Å². The van der Waals surface area contributed by atoms with Crippen molar-refractivity contribution in [2.45, 2.75) is 38.3 Å². The van der Waals surface area contributed by atoms with Crippen LogP contribution < -0.4 is 11.3 Å². The number of nitrogens with zero attached hydrogens (tertiary/aromatic N) is 2. The standard InChI is InChI=1S/C19H22ClN3O3/c1-12-10-16(24)13(11-14(12)20)18(21)15-6-2-4-8-22(15)19(26)23-9-5-3-7-17(23)25/h3,5,7,9-11,15,18,24H,2,4,6,8,21H2,1H3/t15?,18-/m1/s1. The third-order valence-electron chi connectivity index (χ3n) is 4.91. The van der Waals surface area contributed by atoms with Crippen molar-refractivity contribution in [2.75, 3.05) is 6.54 Å². The molecule has 1 aliphatic rings. The Kier molecular flexibility index (Phi) is 5.34. The maximum absolute atomic E-state index is 12.9. The van der Waals surface area contributed by atoms with Crippen molar-refractivity contribution >= 4 is 17.6 Å². The zero-order valence-electron chi connectivity index (χ0n) is 14.6. The Morgan fingerprint density at radius 2 is 2.12 bits per heavy atom. The lowest BCUT2D eigenvalue weighted by molar-refractivity contribution is 0.137. The van der Waals surface area contributed by atoms with E-state index in [0.29, 0.717) is 23.6 Å². The number of hydrogen-bond acceptors (Lipinski definition) is 4. The van der Waals surface area contributed by atoms with Crippen LogP contribution in [0.1, 0.15) is 36.4 Å². The lowest BCUT2D eigenvalue weighted by Gasteiger charge is -2.39. The van der Waals surface area contributed by atoms with E-state index in [0.717, 1.165) is 23.0 Å². The molecule has 1 fully saturated rings. The van der Waals surface area contributed by atoms with Gasteiger partial charge in [0.1, 0.15) is 5.75 Å². The smallest absolute Gasteiger partial charge is 0.331 e. The van der Waals surface area contributed by atoms with Gasteiger partial charge in [-0.2, -0.15) is 0 Å². The Morgan fingerprint density at radius 3 is 2.85 bits per heavy atom. The van der Waals surface area contributed by atoms with E-state index in [4.69, 9.17) is 17.3 Å². The first-order valence-electron chi connectivity index (χ1n) is 8.63. The maximum atomic E-state index is 12.9. The number of aromatic nitrogens is 1. The Morgan fingerprint density at radius 1 is 1.35 bits per heavy atom. The lowest BCUT2D eigenvalue weighted by Crippen LogP contribution is -2.51. The van der Waals surface area contributed by atoms with Crippen molar-refractivity contribution in [2.24, 2.45) is 5.73 Å². The average Bonchev–Trinajstić information content (AvgIpc) is 2.64. The average molecular weight is 376 g/mol. The number of carbonyl (C=O) groups is 1. The molecule has 138 valence electrons. The quantitative estimate of drug-likeness (QED) is 0.844. The summed E-state index contributed by atoms with van der Waals surface area (Å²) in [5, 5.41) is 10.8. The third kappa shape index (κ3) is 3.48. The predicted octanol–water partition coefficient (Wildman–Crippen LogP) is 3.04. The molecule has 0 saturated carbocycles. The van der Waals surface area contributed by atoms with Crippen LogP contribution >= 0.6 is 11.6 Å². The summed E-state index contributed by atoms with van der Waals surface area (Å²) in [6, 6.07) is 6.50. The molecule has 1 aromatic heterocycles. The maximum Gasteiger partial charge on any atom is 0.331 e. The summed E-state index contributed by atoms with van der Waals surface area (Å²) >= 11 is 6.19. The normalized spacial score (nSPS) is 18.6. The largest absolute Gasteiger partial charge is 0.508 e. The minimum absolute atomic E-state index is 0.0641. The van der Waals surface area contributed by atoms with Crippen LogP contribution in [-0.2, 0) is 0 Å². The first-order valence-corrected chi connectivity index (χ1v) is 9.01. The molecule has 1 aliphatic heterocycles. The highest BCUT2D eigenvalue weighted by atomic mass is 35.5. The van der Waals surface area contributed by atoms with Gasteiger partial charge in [-0.15, -0.1) is 0 Å². The van der Waals surface area contributed by atoms with Gasteiger partial charge in [0, 0.05) is 29.4 Å². The highest BCUT2D eigenvalue weighted by molar-refractivity contribution is 6.31. The number of piperidine rings is 1. The second-order valence-electron chi connectivity index (χ2n) is 6.63. The summed E-state index contributed by atoms with van der Waals surface area (Å²) in [4.78, 5) is 26.6. The molecule has 26 heavy (non-hydrogen) atoms. The Bertz CT molecular complexity index is 881. The number of phenolic OH excluding ortho intramolecular Hbond substituents is 1. The van der Waals surface area contributed by atoms with E-state index in [1.807, 2.05) is 0 Å². The lowest BCUT2D eigenvalue weighted by atomic mass is 9.90. The van der Waals surface area contributed by atoms with E-state index >= 15 is 0 Å². The van der Waals surface area contributed by atoms with E-state index in [1.54, 1.807) is 36.1 Å². The molecule has 1 amide bonds. The number of hydrogen-bond donors (Lipinski definition) is 2. The predicted molar refractivity (Wildman–Crippen MR) is 101 cm³/mol. The molecule has 7 heteroatoms. The van der Waals surface area contributed by atoms with Crippen LogP contribution in [0.5, 0.6) is 5.75 Å². The SMILES string of the molecule is Cc1cc(O)c([C@@H](N)C2CCCCN2C(=O)n2ccccc2=O)cc1Cl. The molecule has 0 bridgehead atoms. The Hall–Kier alpha value is -2.31. The van der Waals surface area contributed by atoms with E-state index in [9.17, 15) is 14.7 Å². The zero-order chi connectivity index (χ0) is 18.8. The number of amides is 1. The van der Waals surface area contributed by atoms with Crippen LogP contribution in [0.25, 0.3) is 0 Å². The summed E-state index contributed by atoms with van der Waals surface area (Å²) in [5.41, 5.74) is 7.32. The molecule has 3 N–H and O–H groups in total. The molecule has 3 rings (SSSR count). The van der Waals surface area contributed by atoms with Crippen molar-refractivity contribution in [3.63, 3.8) is 0 Å². The number of carbonyl (C=O) groups excluding carboxylic acids is 1. The molecule has 1 aromatic carbocycles. The van der Waals surface area contributed by atoms with Gasteiger partial charge in [0.05, 0.1) is 12.1 Å². The highest BCUT2D eigenvalue weighted by Crippen LogP contribution is 2.34. The molecule has 2 atom stereocenters. The third-order valence-corrected chi connectivity index (χ3v) is 5.31. The van der Waals surface area contributed by atoms with Crippen LogP contribution in [0.15, 0.2) is 41.3 Å². The number of pyridine rings is 1. The number of halogens is 1. The molecule has 0 spiro atoms. The van der Waals surface area contributed by atoms with Gasteiger partial charge >= 0.3 is 6.03 Å². The first-order chi connectivity index (χ1) is 12.4. The Balaban J connectivity index is 1.94. The van der Waals surface area contributed by atoms with Crippen molar-refractivity contribution in [1.29, 1.82) is 0 Å². The van der Waals surface area contributed by atoms with Gasteiger partial charge < -0.3 is 15.7 Å². The van der Waals surface area contributed by atoms with Crippen molar-refractivity contribution < 1.29 is 9.90 Å². The second-order valence-corrected chi connectivity index (χ2v) is 7.04. The number of likely N-dealkylation sites (tertiary alicyclic amines) is 1. The molecular weight excluding hydrogens is 354 g/mol. The fourth-order valence-electron chi connectivity index (χ4n) is 3.45. The van der Waals surface area contributed by atoms with Crippen molar-refractivity contribution in [3.05, 3.63) is 63.0 Å². The van der Waals surface area contributed by atoms with E-state index in [2.05, 4.69) is 0 Å². The van der Waals surface area contributed by atoms with Gasteiger partial charge in [0.2, 0.25) is 0 Å². The molecule has 2 aromatic rings. The van der Waals surface area contributed by atoms with E-state index in [-0.39, 0.29) is 17.4 Å². The van der Waals surface area contributed by atoms with Gasteiger partial charge in [0.15, 0.2) is 0 Å². The minimum Gasteiger partial charge on any atom is -0.508 e. The van der Waals surface area contributed by atoms with Gasteiger partial charge in [-0.05, 0) is 49.9 Å². The molecule has 0 radical (unpaired) electrons. The monoisotopic (exact) mass is 375 g/mol. The van der Waals surface area contributed by atoms with Crippen LogP contribution in [0.3, 0.4) is 0 Å². The van der Waals surface area contributed by atoms with Crippen molar-refractivity contribution in [1.82, 2.24) is 9.47 Å². The molecule has 0 aliphatic carbocycles. The summed E-state index contributed by atoms with van der Waals surface area (Å²) in [6.07, 6.45) is 3.92. The molecular formula is C19H22ClN3O3. The topological polar surface area (TPSA) is 88.6 Å². The summed E-state index contributed by atoms with van der Waals surface area (Å²) in [7, 11) is 0. The van der Waals surface area contributed by atoms with Gasteiger partial charge in [-0.3, -0.25) is 4.79 Å². The number of rotatable bonds is 2. The number of aromatic hydroxyl groups is 1. The van der Waals surface area contributed by atoms with E-state index < -0.39 is 12.1 Å². The van der Waals surface area contributed by atoms with Crippen LogP contribution in [0, 0.1) is 6.92 Å². The molecule has 1 saturated heterocycles. The number of nitrogens with two attached hydrogens (primary N) is 1. The Labute approximate surface area is 156 Å². The summed E-state index contributed by atoms with van der Waals surface area (Å²) in [6.45, 7) is 2.31. The number of benzene rings is 1. The van der Waals surface area contributed by atoms with Gasteiger partial charge in [-0.25, -0.2) is 9.36 Å². The highest BCUT2D eigenvalue weighted by Gasteiger charge is 2.34.